The Morgan fingerprint density at radius 2 is 2.14 bits per heavy atom. The summed E-state index contributed by atoms with van der Waals surface area (Å²) < 4.78 is 6.14. The number of nitrogens with one attached hydrogen (secondary N) is 1. The van der Waals surface area contributed by atoms with E-state index >= 15 is 0 Å². The highest BCUT2D eigenvalue weighted by molar-refractivity contribution is 5.31. The van der Waals surface area contributed by atoms with Gasteiger partial charge in [0.15, 0.2) is 0 Å². The van der Waals surface area contributed by atoms with E-state index in [4.69, 9.17) is 4.74 Å². The minimum Gasteiger partial charge on any atom is -0.373 e. The number of rotatable bonds is 4. The Morgan fingerprint density at radius 3 is 2.90 bits per heavy atom. The first-order chi connectivity index (χ1) is 10.3. The first kappa shape index (κ1) is 13.8. The van der Waals surface area contributed by atoms with E-state index in [9.17, 15) is 0 Å². The van der Waals surface area contributed by atoms with Crippen LogP contribution in [0.15, 0.2) is 24.3 Å². The van der Waals surface area contributed by atoms with Crippen molar-refractivity contribution in [3.63, 3.8) is 0 Å². The smallest absolute Gasteiger partial charge is 0.0842 e. The lowest BCUT2D eigenvalue weighted by Crippen LogP contribution is -2.38. The van der Waals surface area contributed by atoms with Gasteiger partial charge in [-0.25, -0.2) is 0 Å². The lowest BCUT2D eigenvalue weighted by molar-refractivity contribution is 0.0221. The van der Waals surface area contributed by atoms with Crippen LogP contribution in [-0.4, -0.2) is 19.7 Å². The number of ether oxygens (including phenoxy) is 1. The van der Waals surface area contributed by atoms with Crippen molar-refractivity contribution in [3.05, 3.63) is 35.4 Å². The van der Waals surface area contributed by atoms with E-state index in [0.717, 1.165) is 37.2 Å². The Balaban J connectivity index is 1.50. The van der Waals surface area contributed by atoms with E-state index in [-0.39, 0.29) is 0 Å². The average molecular weight is 285 g/mol. The Labute approximate surface area is 128 Å². The molecule has 0 aromatic heterocycles. The minimum absolute atomic E-state index is 0.298. The van der Waals surface area contributed by atoms with Crippen molar-refractivity contribution in [2.75, 3.05) is 13.7 Å². The molecular formula is C19H27NO. The predicted molar refractivity (Wildman–Crippen MR) is 85.2 cm³/mol. The van der Waals surface area contributed by atoms with Gasteiger partial charge in [-0.05, 0) is 68.0 Å². The second kappa shape index (κ2) is 5.73. The average Bonchev–Trinajstić information content (AvgIpc) is 3.15. The van der Waals surface area contributed by atoms with Crippen LogP contribution in [0, 0.1) is 17.8 Å². The molecule has 0 spiro atoms. The SMILES string of the molecule is CNC(CC1OCCc2ccccc21)C1CC2CCC1C2. The molecule has 1 heterocycles. The van der Waals surface area contributed by atoms with Crippen molar-refractivity contribution in [1.29, 1.82) is 0 Å². The third-order valence-corrected chi connectivity index (χ3v) is 6.24. The zero-order chi connectivity index (χ0) is 14.2. The van der Waals surface area contributed by atoms with Crippen molar-refractivity contribution in [2.45, 2.75) is 50.7 Å². The Bertz CT molecular complexity index is 500. The first-order valence-corrected chi connectivity index (χ1v) is 8.72. The van der Waals surface area contributed by atoms with Gasteiger partial charge in [0.05, 0.1) is 12.7 Å². The summed E-state index contributed by atoms with van der Waals surface area (Å²) in [5, 5.41) is 3.63. The number of hydrogen-bond acceptors (Lipinski definition) is 2. The summed E-state index contributed by atoms with van der Waals surface area (Å²) in [6, 6.07) is 9.49. The topological polar surface area (TPSA) is 21.3 Å². The molecule has 1 N–H and O–H groups in total. The third-order valence-electron chi connectivity index (χ3n) is 6.24. The van der Waals surface area contributed by atoms with Gasteiger partial charge in [0.25, 0.3) is 0 Å². The largest absolute Gasteiger partial charge is 0.373 e. The van der Waals surface area contributed by atoms with Crippen LogP contribution in [0.3, 0.4) is 0 Å². The molecule has 3 aliphatic rings. The summed E-state index contributed by atoms with van der Waals surface area (Å²) in [5.41, 5.74) is 2.93. The lowest BCUT2D eigenvalue weighted by Gasteiger charge is -2.35. The normalized spacial score (nSPS) is 35.7. The molecule has 5 unspecified atom stereocenters. The van der Waals surface area contributed by atoms with Crippen LogP contribution < -0.4 is 5.32 Å². The van der Waals surface area contributed by atoms with Gasteiger partial charge in [-0.2, -0.15) is 0 Å². The fourth-order valence-electron chi connectivity index (χ4n) is 5.20. The first-order valence-electron chi connectivity index (χ1n) is 8.72. The van der Waals surface area contributed by atoms with Gasteiger partial charge < -0.3 is 10.1 Å². The van der Waals surface area contributed by atoms with Gasteiger partial charge in [0.1, 0.15) is 0 Å². The van der Waals surface area contributed by atoms with Crippen molar-refractivity contribution in [1.82, 2.24) is 5.32 Å². The molecule has 1 aliphatic heterocycles. The molecule has 2 bridgehead atoms. The fourth-order valence-corrected chi connectivity index (χ4v) is 5.20. The molecule has 2 fully saturated rings. The summed E-state index contributed by atoms with van der Waals surface area (Å²) in [6.45, 7) is 0.884. The zero-order valence-electron chi connectivity index (χ0n) is 13.1. The van der Waals surface area contributed by atoms with E-state index in [1.807, 2.05) is 0 Å². The predicted octanol–water partition coefficient (Wildman–Crippen LogP) is 3.71. The van der Waals surface area contributed by atoms with Crippen LogP contribution in [0.4, 0.5) is 0 Å². The summed E-state index contributed by atoms with van der Waals surface area (Å²) in [6.07, 6.45) is 8.41. The highest BCUT2D eigenvalue weighted by atomic mass is 16.5. The second-order valence-corrected chi connectivity index (χ2v) is 7.28. The van der Waals surface area contributed by atoms with E-state index in [2.05, 4.69) is 36.6 Å². The molecule has 2 nitrogen and oxygen atoms in total. The Kier molecular flexibility index (Phi) is 3.76. The summed E-state index contributed by atoms with van der Waals surface area (Å²) in [5.74, 6) is 2.88. The van der Waals surface area contributed by atoms with Gasteiger partial charge >= 0.3 is 0 Å². The van der Waals surface area contributed by atoms with Crippen LogP contribution >= 0.6 is 0 Å². The number of hydrogen-bond donors (Lipinski definition) is 1. The molecule has 21 heavy (non-hydrogen) atoms. The summed E-state index contributed by atoms with van der Waals surface area (Å²) in [4.78, 5) is 0. The second-order valence-electron chi connectivity index (χ2n) is 7.28. The number of benzene rings is 1. The molecule has 2 aliphatic carbocycles. The number of fused-ring (bicyclic) bond motifs is 3. The minimum atomic E-state index is 0.298. The molecule has 0 amide bonds. The van der Waals surface area contributed by atoms with Crippen LogP contribution in [0.5, 0.6) is 0 Å². The van der Waals surface area contributed by atoms with Crippen LogP contribution in [-0.2, 0) is 11.2 Å². The van der Waals surface area contributed by atoms with E-state index in [1.165, 1.54) is 36.8 Å². The Hall–Kier alpha value is -0.860. The maximum atomic E-state index is 6.14. The van der Waals surface area contributed by atoms with Crippen molar-refractivity contribution in [2.24, 2.45) is 17.8 Å². The van der Waals surface area contributed by atoms with E-state index in [0.29, 0.717) is 12.1 Å². The lowest BCUT2D eigenvalue weighted by atomic mass is 9.80. The molecule has 2 saturated carbocycles. The van der Waals surface area contributed by atoms with Crippen molar-refractivity contribution in [3.8, 4) is 0 Å². The third kappa shape index (κ3) is 2.53. The van der Waals surface area contributed by atoms with Gasteiger partial charge in [0.2, 0.25) is 0 Å². The summed E-state index contributed by atoms with van der Waals surface area (Å²) in [7, 11) is 2.14. The van der Waals surface area contributed by atoms with Crippen LogP contribution in [0.2, 0.25) is 0 Å². The quantitative estimate of drug-likeness (QED) is 0.910. The molecule has 0 radical (unpaired) electrons. The molecule has 5 atom stereocenters. The highest BCUT2D eigenvalue weighted by Gasteiger charge is 2.43. The maximum absolute atomic E-state index is 6.14. The van der Waals surface area contributed by atoms with Crippen LogP contribution in [0.25, 0.3) is 0 Å². The van der Waals surface area contributed by atoms with E-state index in [1.54, 1.807) is 0 Å². The highest BCUT2D eigenvalue weighted by Crippen LogP contribution is 2.50. The molecule has 1 aromatic carbocycles. The zero-order valence-corrected chi connectivity index (χ0v) is 13.1. The molecule has 114 valence electrons. The van der Waals surface area contributed by atoms with Gasteiger partial charge in [-0.1, -0.05) is 30.7 Å². The van der Waals surface area contributed by atoms with E-state index < -0.39 is 0 Å². The van der Waals surface area contributed by atoms with Crippen molar-refractivity contribution >= 4 is 0 Å². The fraction of sp³-hybridized carbons (Fsp3) is 0.684. The maximum Gasteiger partial charge on any atom is 0.0842 e. The van der Waals surface area contributed by atoms with Crippen LogP contribution in [0.1, 0.15) is 49.3 Å². The standard InChI is InChI=1S/C19H27NO/c1-20-18(17-11-13-6-7-15(17)10-13)12-19-16-5-3-2-4-14(16)8-9-21-19/h2-5,13,15,17-20H,6-12H2,1H3. The molecule has 4 rings (SSSR count). The Morgan fingerprint density at radius 1 is 1.24 bits per heavy atom. The van der Waals surface area contributed by atoms with Gasteiger partial charge in [-0.3, -0.25) is 0 Å². The molecule has 2 heteroatoms. The van der Waals surface area contributed by atoms with Gasteiger partial charge in [-0.15, -0.1) is 0 Å². The molecular weight excluding hydrogens is 258 g/mol. The monoisotopic (exact) mass is 285 g/mol. The summed E-state index contributed by atoms with van der Waals surface area (Å²) >= 11 is 0. The van der Waals surface area contributed by atoms with Gasteiger partial charge in [0, 0.05) is 6.04 Å². The molecule has 0 saturated heterocycles. The van der Waals surface area contributed by atoms with Crippen molar-refractivity contribution < 1.29 is 4.74 Å². The molecule has 1 aromatic rings.